The summed E-state index contributed by atoms with van der Waals surface area (Å²) in [6, 6.07) is 5.10. The fraction of sp³-hybridized carbons (Fsp3) is 0.385. The minimum atomic E-state index is 0.0267. The number of phenolic OH excluding ortho intramolecular Hbond substituents is 1. The lowest BCUT2D eigenvalue weighted by molar-refractivity contribution is -0.117. The fourth-order valence-corrected chi connectivity index (χ4v) is 2.96. The van der Waals surface area contributed by atoms with Crippen molar-refractivity contribution in [3.05, 3.63) is 23.8 Å². The molecule has 0 aliphatic carbocycles. The summed E-state index contributed by atoms with van der Waals surface area (Å²) >= 11 is 1.22. The summed E-state index contributed by atoms with van der Waals surface area (Å²) in [4.78, 5) is 24.6. The molecule has 0 spiro atoms. The average molecular weight is 265 g/mol. The SMILES string of the molecule is CC(=O)SC1CC(=O)N(c2ccc(O)c(C)c2)C1. The van der Waals surface area contributed by atoms with Crippen LogP contribution in [-0.2, 0) is 9.59 Å². The van der Waals surface area contributed by atoms with E-state index in [4.69, 9.17) is 0 Å². The molecule has 1 aromatic rings. The van der Waals surface area contributed by atoms with Crippen LogP contribution in [0.1, 0.15) is 18.9 Å². The molecule has 5 heteroatoms. The summed E-state index contributed by atoms with van der Waals surface area (Å²) in [5, 5.41) is 9.54. The summed E-state index contributed by atoms with van der Waals surface area (Å²) in [5.41, 5.74) is 1.52. The van der Waals surface area contributed by atoms with Gasteiger partial charge >= 0.3 is 0 Å². The van der Waals surface area contributed by atoms with E-state index >= 15 is 0 Å². The maximum Gasteiger partial charge on any atom is 0.228 e. The Morgan fingerprint density at radius 1 is 1.50 bits per heavy atom. The molecule has 1 unspecified atom stereocenters. The van der Waals surface area contributed by atoms with Crippen molar-refractivity contribution in [2.75, 3.05) is 11.4 Å². The molecule has 1 heterocycles. The van der Waals surface area contributed by atoms with Crippen LogP contribution in [0.2, 0.25) is 0 Å². The standard InChI is InChI=1S/C13H15NO3S/c1-8-5-10(3-4-12(8)16)14-7-11(6-13(14)17)18-9(2)15/h3-5,11,16H,6-7H2,1-2H3. The predicted molar refractivity (Wildman–Crippen MR) is 71.9 cm³/mol. The van der Waals surface area contributed by atoms with Crippen molar-refractivity contribution >= 4 is 28.5 Å². The van der Waals surface area contributed by atoms with Crippen molar-refractivity contribution in [1.29, 1.82) is 0 Å². The zero-order valence-corrected chi connectivity index (χ0v) is 11.2. The highest BCUT2D eigenvalue weighted by Gasteiger charge is 2.31. The van der Waals surface area contributed by atoms with E-state index in [1.165, 1.54) is 18.7 Å². The molecule has 1 atom stereocenters. The Morgan fingerprint density at radius 2 is 2.22 bits per heavy atom. The van der Waals surface area contributed by atoms with Crippen LogP contribution in [0.3, 0.4) is 0 Å². The van der Waals surface area contributed by atoms with Gasteiger partial charge < -0.3 is 10.0 Å². The molecule has 1 aliphatic rings. The molecule has 0 radical (unpaired) electrons. The molecule has 2 rings (SSSR count). The number of rotatable bonds is 2. The van der Waals surface area contributed by atoms with Crippen molar-refractivity contribution in [2.45, 2.75) is 25.5 Å². The Balaban J connectivity index is 2.16. The Labute approximate surface area is 110 Å². The number of hydrogen-bond donors (Lipinski definition) is 1. The van der Waals surface area contributed by atoms with Crippen LogP contribution >= 0.6 is 11.8 Å². The molecule has 1 aromatic carbocycles. The topological polar surface area (TPSA) is 57.6 Å². The van der Waals surface area contributed by atoms with Gasteiger partial charge in [-0.1, -0.05) is 11.8 Å². The van der Waals surface area contributed by atoms with Crippen LogP contribution in [0, 0.1) is 6.92 Å². The van der Waals surface area contributed by atoms with E-state index in [2.05, 4.69) is 0 Å². The average Bonchev–Trinajstić information content (AvgIpc) is 2.62. The molecule has 0 saturated carbocycles. The van der Waals surface area contributed by atoms with Crippen molar-refractivity contribution in [3.8, 4) is 5.75 Å². The van der Waals surface area contributed by atoms with E-state index in [0.29, 0.717) is 13.0 Å². The van der Waals surface area contributed by atoms with Crippen LogP contribution in [-0.4, -0.2) is 27.9 Å². The van der Waals surface area contributed by atoms with E-state index in [0.717, 1.165) is 11.3 Å². The highest BCUT2D eigenvalue weighted by Crippen LogP contribution is 2.30. The number of nitrogens with zero attached hydrogens (tertiary/aromatic N) is 1. The zero-order chi connectivity index (χ0) is 13.3. The van der Waals surface area contributed by atoms with Gasteiger partial charge in [-0.05, 0) is 30.7 Å². The van der Waals surface area contributed by atoms with E-state index in [1.54, 1.807) is 30.0 Å². The Kier molecular flexibility index (Phi) is 3.61. The van der Waals surface area contributed by atoms with Crippen LogP contribution in [0.15, 0.2) is 18.2 Å². The molecule has 0 aromatic heterocycles. The first-order valence-electron chi connectivity index (χ1n) is 5.74. The normalized spacial score (nSPS) is 19.3. The van der Waals surface area contributed by atoms with Gasteiger partial charge in [0.25, 0.3) is 0 Å². The Morgan fingerprint density at radius 3 is 2.83 bits per heavy atom. The zero-order valence-electron chi connectivity index (χ0n) is 10.3. The molecule has 1 fully saturated rings. The lowest BCUT2D eigenvalue weighted by Gasteiger charge is -2.17. The van der Waals surface area contributed by atoms with E-state index < -0.39 is 0 Å². The smallest absolute Gasteiger partial charge is 0.228 e. The maximum atomic E-state index is 11.9. The maximum absolute atomic E-state index is 11.9. The van der Waals surface area contributed by atoms with Crippen molar-refractivity contribution in [2.24, 2.45) is 0 Å². The minimum absolute atomic E-state index is 0.0267. The summed E-state index contributed by atoms with van der Waals surface area (Å²) in [7, 11) is 0. The number of benzene rings is 1. The molecular weight excluding hydrogens is 250 g/mol. The summed E-state index contributed by atoms with van der Waals surface area (Å²) in [5.74, 6) is 0.249. The number of hydrogen-bond acceptors (Lipinski definition) is 4. The lowest BCUT2D eigenvalue weighted by atomic mass is 10.2. The Hall–Kier alpha value is -1.49. The number of thioether (sulfide) groups is 1. The van der Waals surface area contributed by atoms with Gasteiger partial charge in [-0.2, -0.15) is 0 Å². The van der Waals surface area contributed by atoms with Gasteiger partial charge in [-0.25, -0.2) is 0 Å². The second-order valence-corrected chi connectivity index (χ2v) is 5.89. The fourth-order valence-electron chi connectivity index (χ4n) is 2.05. The molecular formula is C13H15NO3S. The van der Waals surface area contributed by atoms with Crippen molar-refractivity contribution in [1.82, 2.24) is 0 Å². The second kappa shape index (κ2) is 5.02. The number of amides is 1. The monoisotopic (exact) mass is 265 g/mol. The molecule has 1 saturated heterocycles. The molecule has 0 bridgehead atoms. The molecule has 18 heavy (non-hydrogen) atoms. The van der Waals surface area contributed by atoms with Gasteiger partial charge in [0.05, 0.1) is 0 Å². The molecule has 1 aliphatic heterocycles. The minimum Gasteiger partial charge on any atom is -0.508 e. The first-order chi connectivity index (χ1) is 8.47. The van der Waals surface area contributed by atoms with Gasteiger partial charge in [-0.15, -0.1) is 0 Å². The summed E-state index contributed by atoms with van der Waals surface area (Å²) < 4.78 is 0. The molecule has 1 N–H and O–H groups in total. The van der Waals surface area contributed by atoms with Gasteiger partial charge in [0.1, 0.15) is 5.75 Å². The second-order valence-electron chi connectivity index (χ2n) is 4.41. The van der Waals surface area contributed by atoms with Gasteiger partial charge in [0.15, 0.2) is 5.12 Å². The predicted octanol–water partition coefficient (Wildman–Crippen LogP) is 2.09. The quantitative estimate of drug-likeness (QED) is 0.889. The third-order valence-electron chi connectivity index (χ3n) is 2.91. The first kappa shape index (κ1) is 13.0. The number of carbonyl (C=O) groups excluding carboxylic acids is 2. The number of aromatic hydroxyl groups is 1. The summed E-state index contributed by atoms with van der Waals surface area (Å²) in [6.07, 6.45) is 0.393. The molecule has 4 nitrogen and oxygen atoms in total. The lowest BCUT2D eigenvalue weighted by Crippen LogP contribution is -2.24. The van der Waals surface area contributed by atoms with Gasteiger partial charge in [0.2, 0.25) is 5.91 Å². The van der Waals surface area contributed by atoms with Crippen LogP contribution < -0.4 is 4.90 Å². The summed E-state index contributed by atoms with van der Waals surface area (Å²) in [6.45, 7) is 3.86. The van der Waals surface area contributed by atoms with Crippen molar-refractivity contribution < 1.29 is 14.7 Å². The van der Waals surface area contributed by atoms with Gasteiger partial charge in [-0.3, -0.25) is 9.59 Å². The van der Waals surface area contributed by atoms with Crippen LogP contribution in [0.5, 0.6) is 5.75 Å². The Bertz CT molecular complexity index is 501. The largest absolute Gasteiger partial charge is 0.508 e. The number of carbonyl (C=O) groups is 2. The number of anilines is 1. The van der Waals surface area contributed by atoms with Gasteiger partial charge in [0, 0.05) is 30.8 Å². The van der Waals surface area contributed by atoms with Crippen LogP contribution in [0.25, 0.3) is 0 Å². The highest BCUT2D eigenvalue weighted by atomic mass is 32.2. The van der Waals surface area contributed by atoms with Crippen LogP contribution in [0.4, 0.5) is 5.69 Å². The van der Waals surface area contributed by atoms with E-state index in [1.807, 2.05) is 0 Å². The highest BCUT2D eigenvalue weighted by molar-refractivity contribution is 8.14. The molecule has 96 valence electrons. The number of aryl methyl sites for hydroxylation is 1. The molecule has 1 amide bonds. The van der Waals surface area contributed by atoms with E-state index in [-0.39, 0.29) is 22.0 Å². The first-order valence-corrected chi connectivity index (χ1v) is 6.62. The third kappa shape index (κ3) is 2.67. The third-order valence-corrected chi connectivity index (χ3v) is 3.90. The number of phenols is 1. The van der Waals surface area contributed by atoms with Crippen molar-refractivity contribution in [3.63, 3.8) is 0 Å². The van der Waals surface area contributed by atoms with E-state index in [9.17, 15) is 14.7 Å².